The van der Waals surface area contributed by atoms with Gasteiger partial charge in [0, 0.05) is 23.7 Å². The average Bonchev–Trinajstić information content (AvgIpc) is 2.73. The number of carboxylic acids is 1. The first-order valence-corrected chi connectivity index (χ1v) is 8.94. The van der Waals surface area contributed by atoms with Gasteiger partial charge in [-0.25, -0.2) is 14.8 Å². The highest BCUT2D eigenvalue weighted by Gasteiger charge is 2.14. The second-order valence-electron chi connectivity index (χ2n) is 6.67. The molecule has 0 aliphatic heterocycles. The van der Waals surface area contributed by atoms with Gasteiger partial charge >= 0.3 is 5.97 Å². The van der Waals surface area contributed by atoms with E-state index >= 15 is 0 Å². The Hall–Kier alpha value is -3.73. The summed E-state index contributed by atoms with van der Waals surface area (Å²) in [6.45, 7) is 2.05. The molecule has 1 heterocycles. The Bertz CT molecular complexity index is 1150. The number of nitrogens with zero attached hydrogens (tertiary/aromatic N) is 3. The zero-order valence-electron chi connectivity index (χ0n) is 15.6. The average molecular weight is 369 g/mol. The molecule has 1 aromatic heterocycles. The molecule has 0 saturated carbocycles. The maximum Gasteiger partial charge on any atom is 0.335 e. The summed E-state index contributed by atoms with van der Waals surface area (Å²) in [7, 11) is 1.92. The van der Waals surface area contributed by atoms with Gasteiger partial charge in [0.1, 0.15) is 5.82 Å². The fourth-order valence-corrected chi connectivity index (χ4v) is 3.10. The quantitative estimate of drug-likeness (QED) is 0.544. The maximum atomic E-state index is 11.1. The highest BCUT2D eigenvalue weighted by molar-refractivity contribution is 5.93. The molecule has 1 N–H and O–H groups in total. The molecule has 0 radical (unpaired) electrons. The van der Waals surface area contributed by atoms with E-state index in [-0.39, 0.29) is 5.56 Å². The minimum absolute atomic E-state index is 0.255. The Morgan fingerprint density at radius 3 is 2.25 bits per heavy atom. The Morgan fingerprint density at radius 2 is 1.57 bits per heavy atom. The van der Waals surface area contributed by atoms with Crippen molar-refractivity contribution >= 4 is 28.4 Å². The molecule has 0 bridgehead atoms. The van der Waals surface area contributed by atoms with Crippen molar-refractivity contribution in [1.29, 1.82) is 0 Å². The van der Waals surface area contributed by atoms with E-state index in [2.05, 4.69) is 0 Å². The van der Waals surface area contributed by atoms with Gasteiger partial charge in [0.25, 0.3) is 0 Å². The summed E-state index contributed by atoms with van der Waals surface area (Å²) in [6, 6.07) is 22.8. The van der Waals surface area contributed by atoms with Crippen LogP contribution in [0.3, 0.4) is 0 Å². The second kappa shape index (κ2) is 7.12. The number of hydrogen-bond acceptors (Lipinski definition) is 4. The third-order valence-corrected chi connectivity index (χ3v) is 4.71. The number of carbonyl (C=O) groups is 1. The Labute approximate surface area is 162 Å². The molecule has 0 saturated heterocycles. The molecule has 0 unspecified atom stereocenters. The number of anilines is 2. The summed E-state index contributed by atoms with van der Waals surface area (Å²) in [6.07, 6.45) is 0. The lowest BCUT2D eigenvalue weighted by atomic mass is 10.1. The van der Waals surface area contributed by atoms with Gasteiger partial charge in [-0.2, -0.15) is 0 Å². The number of aromatic carboxylic acids is 1. The van der Waals surface area contributed by atoms with Crippen LogP contribution in [-0.2, 0) is 0 Å². The lowest BCUT2D eigenvalue weighted by molar-refractivity contribution is 0.0697. The Balaban J connectivity index is 1.84. The normalized spacial score (nSPS) is 10.8. The number of benzene rings is 3. The van der Waals surface area contributed by atoms with Crippen LogP contribution in [0.2, 0.25) is 0 Å². The lowest BCUT2D eigenvalue weighted by Gasteiger charge is -2.21. The molecular weight excluding hydrogens is 350 g/mol. The molecule has 4 aromatic rings. The van der Waals surface area contributed by atoms with Crippen molar-refractivity contribution in [2.45, 2.75) is 6.92 Å². The molecule has 0 aliphatic carbocycles. The van der Waals surface area contributed by atoms with Gasteiger partial charge < -0.3 is 10.0 Å². The summed E-state index contributed by atoms with van der Waals surface area (Å²) >= 11 is 0. The van der Waals surface area contributed by atoms with Crippen molar-refractivity contribution in [3.05, 3.63) is 83.9 Å². The second-order valence-corrected chi connectivity index (χ2v) is 6.67. The summed E-state index contributed by atoms with van der Waals surface area (Å²) in [5, 5.41) is 10.1. The molecule has 0 atom stereocenters. The van der Waals surface area contributed by atoms with Gasteiger partial charge in [-0.3, -0.25) is 0 Å². The van der Waals surface area contributed by atoms with Crippen molar-refractivity contribution in [1.82, 2.24) is 9.97 Å². The molecule has 5 heteroatoms. The Kier molecular flexibility index (Phi) is 4.49. The standard InChI is InChI=1S/C23H19N3O2/c1-15-7-9-16(10-8-15)21-24-20-6-4-3-5-19(20)22(25-21)26(2)18-13-11-17(12-14-18)23(27)28/h3-14H,1-2H3,(H,27,28). The summed E-state index contributed by atoms with van der Waals surface area (Å²) in [5.41, 5.74) is 4.10. The third kappa shape index (κ3) is 3.30. The van der Waals surface area contributed by atoms with Gasteiger partial charge in [-0.05, 0) is 43.3 Å². The first kappa shape index (κ1) is 17.7. The van der Waals surface area contributed by atoms with Crippen LogP contribution in [0, 0.1) is 6.92 Å². The fraction of sp³-hybridized carbons (Fsp3) is 0.0870. The molecule has 3 aromatic carbocycles. The smallest absolute Gasteiger partial charge is 0.335 e. The van der Waals surface area contributed by atoms with Crippen molar-refractivity contribution in [3.63, 3.8) is 0 Å². The Morgan fingerprint density at radius 1 is 0.893 bits per heavy atom. The van der Waals surface area contributed by atoms with Gasteiger partial charge in [-0.15, -0.1) is 0 Å². The van der Waals surface area contributed by atoms with E-state index in [9.17, 15) is 4.79 Å². The van der Waals surface area contributed by atoms with Crippen LogP contribution < -0.4 is 4.90 Å². The molecule has 0 aliphatic rings. The molecule has 28 heavy (non-hydrogen) atoms. The van der Waals surface area contributed by atoms with Gasteiger partial charge in [-0.1, -0.05) is 42.0 Å². The monoisotopic (exact) mass is 369 g/mol. The molecule has 0 amide bonds. The first-order valence-electron chi connectivity index (χ1n) is 8.94. The summed E-state index contributed by atoms with van der Waals surface area (Å²) in [5.74, 6) is 0.482. The summed E-state index contributed by atoms with van der Waals surface area (Å²) < 4.78 is 0. The van der Waals surface area contributed by atoms with E-state index in [0.717, 1.165) is 28.0 Å². The van der Waals surface area contributed by atoms with E-state index in [4.69, 9.17) is 15.1 Å². The lowest BCUT2D eigenvalue weighted by Crippen LogP contribution is -2.13. The molecule has 5 nitrogen and oxygen atoms in total. The van der Waals surface area contributed by atoms with Crippen molar-refractivity contribution in [2.24, 2.45) is 0 Å². The number of para-hydroxylation sites is 1. The number of carboxylic acid groups (broad SMARTS) is 1. The fourth-order valence-electron chi connectivity index (χ4n) is 3.10. The zero-order valence-corrected chi connectivity index (χ0v) is 15.6. The van der Waals surface area contributed by atoms with Crippen LogP contribution >= 0.6 is 0 Å². The minimum atomic E-state index is -0.941. The molecular formula is C23H19N3O2. The van der Waals surface area contributed by atoms with E-state index in [0.29, 0.717) is 5.82 Å². The van der Waals surface area contributed by atoms with Crippen molar-refractivity contribution < 1.29 is 9.90 Å². The van der Waals surface area contributed by atoms with E-state index < -0.39 is 5.97 Å². The molecule has 4 rings (SSSR count). The third-order valence-electron chi connectivity index (χ3n) is 4.71. The summed E-state index contributed by atoms with van der Waals surface area (Å²) in [4.78, 5) is 22.6. The highest BCUT2D eigenvalue weighted by Crippen LogP contribution is 2.31. The molecule has 138 valence electrons. The van der Waals surface area contributed by atoms with E-state index in [1.165, 1.54) is 5.56 Å². The van der Waals surface area contributed by atoms with Gasteiger partial charge in [0.05, 0.1) is 11.1 Å². The SMILES string of the molecule is Cc1ccc(-c2nc(N(C)c3ccc(C(=O)O)cc3)c3ccccc3n2)cc1. The first-order chi connectivity index (χ1) is 13.5. The van der Waals surface area contributed by atoms with Crippen molar-refractivity contribution in [3.8, 4) is 11.4 Å². The topological polar surface area (TPSA) is 66.3 Å². The largest absolute Gasteiger partial charge is 0.478 e. The van der Waals surface area contributed by atoms with Crippen LogP contribution in [-0.4, -0.2) is 28.1 Å². The molecule has 0 fully saturated rings. The predicted molar refractivity (Wildman–Crippen MR) is 111 cm³/mol. The number of fused-ring (bicyclic) bond motifs is 1. The number of rotatable bonds is 4. The van der Waals surface area contributed by atoms with Crippen LogP contribution in [0.15, 0.2) is 72.8 Å². The number of hydrogen-bond donors (Lipinski definition) is 1. The number of aromatic nitrogens is 2. The predicted octanol–water partition coefficient (Wildman–Crippen LogP) is 5.07. The van der Waals surface area contributed by atoms with Gasteiger partial charge in [0.2, 0.25) is 0 Å². The van der Waals surface area contributed by atoms with Crippen LogP contribution in [0.25, 0.3) is 22.3 Å². The maximum absolute atomic E-state index is 11.1. The van der Waals surface area contributed by atoms with E-state index in [1.807, 2.05) is 67.4 Å². The van der Waals surface area contributed by atoms with Crippen LogP contribution in [0.5, 0.6) is 0 Å². The number of aryl methyl sites for hydroxylation is 1. The highest BCUT2D eigenvalue weighted by atomic mass is 16.4. The minimum Gasteiger partial charge on any atom is -0.478 e. The van der Waals surface area contributed by atoms with Crippen LogP contribution in [0.4, 0.5) is 11.5 Å². The van der Waals surface area contributed by atoms with Gasteiger partial charge in [0.15, 0.2) is 5.82 Å². The van der Waals surface area contributed by atoms with E-state index in [1.54, 1.807) is 24.3 Å². The zero-order chi connectivity index (χ0) is 19.7. The van der Waals surface area contributed by atoms with Crippen LogP contribution in [0.1, 0.15) is 15.9 Å². The molecule has 0 spiro atoms. The van der Waals surface area contributed by atoms with Crippen molar-refractivity contribution in [2.75, 3.05) is 11.9 Å².